The molecule has 0 aliphatic carbocycles. The molecular formula is C10H18N4. The summed E-state index contributed by atoms with van der Waals surface area (Å²) in [4.78, 5) is 0. The molecule has 78 valence electrons. The van der Waals surface area contributed by atoms with E-state index in [-0.39, 0.29) is 6.04 Å². The van der Waals surface area contributed by atoms with Crippen molar-refractivity contribution >= 4 is 0 Å². The molecule has 0 aliphatic heterocycles. The predicted octanol–water partition coefficient (Wildman–Crippen LogP) is 0.597. The van der Waals surface area contributed by atoms with Gasteiger partial charge in [0.15, 0.2) is 0 Å². The van der Waals surface area contributed by atoms with Crippen molar-refractivity contribution in [2.75, 3.05) is 0 Å². The van der Waals surface area contributed by atoms with Crippen molar-refractivity contribution in [3.05, 3.63) is 29.6 Å². The van der Waals surface area contributed by atoms with Crippen molar-refractivity contribution in [2.24, 2.45) is 12.9 Å². The molecule has 1 heterocycles. The number of nitrogens with zero attached hydrogens (tertiary/aromatic N) is 2. The topological polar surface area (TPSA) is 55.9 Å². The molecule has 0 fully saturated rings. The minimum atomic E-state index is 0.108. The Morgan fingerprint density at radius 1 is 1.64 bits per heavy atom. The van der Waals surface area contributed by atoms with E-state index in [1.807, 2.05) is 24.7 Å². The molecule has 1 aromatic heterocycles. The zero-order valence-electron chi connectivity index (χ0n) is 9.04. The first kappa shape index (κ1) is 10.9. The van der Waals surface area contributed by atoms with Crippen molar-refractivity contribution in [2.45, 2.75) is 26.3 Å². The lowest BCUT2D eigenvalue weighted by molar-refractivity contribution is 0.614. The summed E-state index contributed by atoms with van der Waals surface area (Å²) >= 11 is 0. The minimum Gasteiger partial charge on any atom is -0.272 e. The highest BCUT2D eigenvalue weighted by molar-refractivity contribution is 5.26. The Balaban J connectivity index is 2.90. The van der Waals surface area contributed by atoms with Gasteiger partial charge in [0.2, 0.25) is 0 Å². The van der Waals surface area contributed by atoms with Gasteiger partial charge in [-0.15, -0.1) is 6.58 Å². The van der Waals surface area contributed by atoms with Crippen molar-refractivity contribution in [1.82, 2.24) is 15.2 Å². The monoisotopic (exact) mass is 194 g/mol. The molecule has 4 nitrogen and oxygen atoms in total. The SMILES string of the molecule is C=CC(Cc1c(C)nn(C)c1C)NN. The van der Waals surface area contributed by atoms with E-state index in [0.717, 1.165) is 12.1 Å². The van der Waals surface area contributed by atoms with Crippen LogP contribution >= 0.6 is 0 Å². The molecular weight excluding hydrogens is 176 g/mol. The molecule has 14 heavy (non-hydrogen) atoms. The number of rotatable bonds is 4. The summed E-state index contributed by atoms with van der Waals surface area (Å²) in [6, 6.07) is 0.108. The molecule has 3 N–H and O–H groups in total. The van der Waals surface area contributed by atoms with Gasteiger partial charge in [0.1, 0.15) is 0 Å². The Bertz CT molecular complexity index is 327. The average Bonchev–Trinajstić information content (AvgIpc) is 2.40. The highest BCUT2D eigenvalue weighted by Gasteiger charge is 2.12. The lowest BCUT2D eigenvalue weighted by Gasteiger charge is -2.10. The first-order valence-corrected chi connectivity index (χ1v) is 4.68. The van der Waals surface area contributed by atoms with Gasteiger partial charge in [0, 0.05) is 18.8 Å². The smallest absolute Gasteiger partial charge is 0.0629 e. The van der Waals surface area contributed by atoms with Gasteiger partial charge in [-0.05, 0) is 25.8 Å². The molecule has 0 aliphatic rings. The summed E-state index contributed by atoms with van der Waals surface area (Å²) in [5, 5.41) is 4.35. The molecule has 0 aromatic carbocycles. The Kier molecular flexibility index (Phi) is 3.43. The Morgan fingerprint density at radius 3 is 2.64 bits per heavy atom. The second-order valence-corrected chi connectivity index (χ2v) is 3.49. The number of hydrogen-bond acceptors (Lipinski definition) is 3. The van der Waals surface area contributed by atoms with E-state index in [1.165, 1.54) is 11.3 Å². The number of hydrazine groups is 1. The summed E-state index contributed by atoms with van der Waals surface area (Å²) in [5.41, 5.74) is 6.20. The van der Waals surface area contributed by atoms with Gasteiger partial charge in [-0.3, -0.25) is 16.0 Å². The highest BCUT2D eigenvalue weighted by Crippen LogP contribution is 2.14. The molecule has 0 radical (unpaired) electrons. The van der Waals surface area contributed by atoms with Gasteiger partial charge in [-0.25, -0.2) is 0 Å². The largest absolute Gasteiger partial charge is 0.272 e. The van der Waals surface area contributed by atoms with Gasteiger partial charge in [-0.2, -0.15) is 5.10 Å². The maximum Gasteiger partial charge on any atom is 0.0629 e. The number of aryl methyl sites for hydroxylation is 2. The van der Waals surface area contributed by atoms with Gasteiger partial charge in [0.25, 0.3) is 0 Å². The first-order valence-electron chi connectivity index (χ1n) is 4.68. The quantitative estimate of drug-likeness (QED) is 0.419. The van der Waals surface area contributed by atoms with Gasteiger partial charge < -0.3 is 0 Å². The maximum absolute atomic E-state index is 5.39. The van der Waals surface area contributed by atoms with Crippen LogP contribution in [0.15, 0.2) is 12.7 Å². The maximum atomic E-state index is 5.39. The number of hydrogen-bond donors (Lipinski definition) is 2. The summed E-state index contributed by atoms with van der Waals surface area (Å²) in [6.07, 6.45) is 2.65. The fourth-order valence-corrected chi connectivity index (χ4v) is 1.54. The van der Waals surface area contributed by atoms with E-state index in [0.29, 0.717) is 0 Å². The van der Waals surface area contributed by atoms with Crippen molar-refractivity contribution in [1.29, 1.82) is 0 Å². The summed E-state index contributed by atoms with van der Waals surface area (Å²) in [5.74, 6) is 5.39. The summed E-state index contributed by atoms with van der Waals surface area (Å²) < 4.78 is 1.89. The van der Waals surface area contributed by atoms with Gasteiger partial charge >= 0.3 is 0 Å². The van der Waals surface area contributed by atoms with Gasteiger partial charge in [-0.1, -0.05) is 6.08 Å². The standard InChI is InChI=1S/C10H18N4/c1-5-9(12-11)6-10-7(2)13-14(4)8(10)3/h5,9,12H,1,6,11H2,2-4H3. The van der Waals surface area contributed by atoms with Crippen LogP contribution in [0.25, 0.3) is 0 Å². The van der Waals surface area contributed by atoms with Crippen LogP contribution in [-0.2, 0) is 13.5 Å². The molecule has 0 bridgehead atoms. The van der Waals surface area contributed by atoms with Crippen LogP contribution < -0.4 is 11.3 Å². The third-order valence-corrected chi connectivity index (χ3v) is 2.58. The lowest BCUT2D eigenvalue weighted by Crippen LogP contribution is -2.35. The predicted molar refractivity (Wildman–Crippen MR) is 57.7 cm³/mol. The molecule has 0 amide bonds. The van der Waals surface area contributed by atoms with Crippen molar-refractivity contribution in [3.8, 4) is 0 Å². The second-order valence-electron chi connectivity index (χ2n) is 3.49. The number of nitrogens with two attached hydrogens (primary N) is 1. The normalized spacial score (nSPS) is 12.9. The molecule has 1 unspecified atom stereocenters. The molecule has 1 aromatic rings. The molecule has 0 saturated carbocycles. The van der Waals surface area contributed by atoms with Crippen LogP contribution in [0.3, 0.4) is 0 Å². The summed E-state index contributed by atoms with van der Waals surface area (Å²) in [7, 11) is 1.95. The number of aromatic nitrogens is 2. The third-order valence-electron chi connectivity index (χ3n) is 2.58. The Morgan fingerprint density at radius 2 is 2.29 bits per heavy atom. The first-order chi connectivity index (χ1) is 6.60. The number of nitrogens with one attached hydrogen (secondary N) is 1. The highest BCUT2D eigenvalue weighted by atomic mass is 15.3. The van der Waals surface area contributed by atoms with E-state index in [4.69, 9.17) is 5.84 Å². The van der Waals surface area contributed by atoms with E-state index >= 15 is 0 Å². The fourth-order valence-electron chi connectivity index (χ4n) is 1.54. The zero-order chi connectivity index (χ0) is 10.7. The fraction of sp³-hybridized carbons (Fsp3) is 0.500. The van der Waals surface area contributed by atoms with Crippen LogP contribution in [0, 0.1) is 13.8 Å². The Hall–Kier alpha value is -1.13. The minimum absolute atomic E-state index is 0.108. The zero-order valence-corrected chi connectivity index (χ0v) is 9.04. The second kappa shape index (κ2) is 4.39. The van der Waals surface area contributed by atoms with E-state index < -0.39 is 0 Å². The van der Waals surface area contributed by atoms with Crippen LogP contribution in [0.1, 0.15) is 17.0 Å². The van der Waals surface area contributed by atoms with Crippen LogP contribution in [0.2, 0.25) is 0 Å². The Labute approximate surface area is 84.8 Å². The van der Waals surface area contributed by atoms with E-state index in [2.05, 4.69) is 24.0 Å². The lowest BCUT2D eigenvalue weighted by atomic mass is 10.0. The van der Waals surface area contributed by atoms with Crippen LogP contribution in [0.5, 0.6) is 0 Å². The molecule has 0 saturated heterocycles. The van der Waals surface area contributed by atoms with Crippen LogP contribution in [-0.4, -0.2) is 15.8 Å². The van der Waals surface area contributed by atoms with E-state index in [1.54, 1.807) is 0 Å². The molecule has 1 rings (SSSR count). The van der Waals surface area contributed by atoms with Crippen molar-refractivity contribution in [3.63, 3.8) is 0 Å². The van der Waals surface area contributed by atoms with Crippen molar-refractivity contribution < 1.29 is 0 Å². The molecule has 1 atom stereocenters. The summed E-state index contributed by atoms with van der Waals surface area (Å²) in [6.45, 7) is 7.80. The van der Waals surface area contributed by atoms with E-state index in [9.17, 15) is 0 Å². The molecule has 0 spiro atoms. The third kappa shape index (κ3) is 2.02. The van der Waals surface area contributed by atoms with Gasteiger partial charge in [0.05, 0.1) is 5.69 Å². The molecule has 4 heteroatoms. The average molecular weight is 194 g/mol. The van der Waals surface area contributed by atoms with Crippen LogP contribution in [0.4, 0.5) is 0 Å².